The minimum atomic E-state index is 0. The Kier molecular flexibility index (Phi) is 9.70. The van der Waals surface area contributed by atoms with E-state index < -0.39 is 0 Å². The van der Waals surface area contributed by atoms with Gasteiger partial charge in [0.25, 0.3) is 0 Å². The first-order valence-corrected chi connectivity index (χ1v) is 9.41. The third-order valence-corrected chi connectivity index (χ3v) is 5.92. The summed E-state index contributed by atoms with van der Waals surface area (Å²) in [7, 11) is 6.67. The van der Waals surface area contributed by atoms with Gasteiger partial charge in [-0.15, -0.1) is 24.0 Å². The number of nitrogens with zero attached hydrogens (tertiary/aromatic N) is 1. The van der Waals surface area contributed by atoms with Gasteiger partial charge in [-0.25, -0.2) is 0 Å². The van der Waals surface area contributed by atoms with Crippen LogP contribution in [0.5, 0.6) is 17.2 Å². The maximum Gasteiger partial charge on any atom is 0.191 e. The molecule has 1 aromatic rings. The van der Waals surface area contributed by atoms with Gasteiger partial charge in [-0.3, -0.25) is 4.99 Å². The summed E-state index contributed by atoms with van der Waals surface area (Å²) in [4.78, 5) is 4.32. The first kappa shape index (κ1) is 23.0. The van der Waals surface area contributed by atoms with Crippen molar-refractivity contribution in [2.45, 2.75) is 31.1 Å². The van der Waals surface area contributed by atoms with E-state index in [-0.39, 0.29) is 24.0 Å². The van der Waals surface area contributed by atoms with E-state index in [1.54, 1.807) is 28.4 Å². The SMILES string of the molecule is CN=C(NCc1cc(OC)c(OC)cc1OC)NCC1(C)CCCS1.I. The second-order valence-corrected chi connectivity index (χ2v) is 7.88. The number of guanidine groups is 1. The van der Waals surface area contributed by atoms with Gasteiger partial charge in [0.05, 0.1) is 21.3 Å². The number of thioether (sulfide) groups is 1. The molecule has 2 rings (SSSR count). The lowest BCUT2D eigenvalue weighted by molar-refractivity contribution is 0.347. The predicted octanol–water partition coefficient (Wildman–Crippen LogP) is 3.28. The maximum absolute atomic E-state index is 5.47. The number of rotatable bonds is 7. The summed E-state index contributed by atoms with van der Waals surface area (Å²) >= 11 is 2.03. The fourth-order valence-electron chi connectivity index (χ4n) is 2.88. The van der Waals surface area contributed by atoms with Crippen LogP contribution in [0, 0.1) is 0 Å². The van der Waals surface area contributed by atoms with Crippen LogP contribution in [0.2, 0.25) is 0 Å². The minimum absolute atomic E-state index is 0. The molecule has 1 aliphatic heterocycles. The molecule has 2 N–H and O–H groups in total. The number of hydrogen-bond acceptors (Lipinski definition) is 5. The van der Waals surface area contributed by atoms with E-state index >= 15 is 0 Å². The molecule has 1 heterocycles. The number of methoxy groups -OCH3 is 3. The number of nitrogens with one attached hydrogen (secondary N) is 2. The summed E-state index contributed by atoms with van der Waals surface area (Å²) in [5.74, 6) is 4.10. The molecule has 0 radical (unpaired) electrons. The van der Waals surface area contributed by atoms with Crippen LogP contribution in [0.25, 0.3) is 0 Å². The molecular formula is C18H30IN3O3S. The van der Waals surface area contributed by atoms with E-state index in [4.69, 9.17) is 14.2 Å². The molecule has 0 bridgehead atoms. The number of ether oxygens (including phenoxy) is 3. The minimum Gasteiger partial charge on any atom is -0.496 e. The van der Waals surface area contributed by atoms with E-state index in [1.807, 2.05) is 23.9 Å². The van der Waals surface area contributed by atoms with E-state index in [1.165, 1.54) is 18.6 Å². The summed E-state index contributed by atoms with van der Waals surface area (Å²) in [5.41, 5.74) is 0.976. The van der Waals surface area contributed by atoms with E-state index in [2.05, 4.69) is 22.5 Å². The Morgan fingerprint density at radius 2 is 1.77 bits per heavy atom. The Labute approximate surface area is 177 Å². The quantitative estimate of drug-likeness (QED) is 0.344. The van der Waals surface area contributed by atoms with Crippen molar-refractivity contribution in [3.63, 3.8) is 0 Å². The van der Waals surface area contributed by atoms with Crippen molar-refractivity contribution in [3.05, 3.63) is 17.7 Å². The molecule has 8 heteroatoms. The maximum atomic E-state index is 5.47. The fourth-order valence-corrected chi connectivity index (χ4v) is 4.12. The van der Waals surface area contributed by atoms with Crippen molar-refractivity contribution in [1.82, 2.24) is 10.6 Å². The summed E-state index contributed by atoms with van der Waals surface area (Å²) in [5, 5.41) is 6.78. The molecule has 148 valence electrons. The molecule has 1 fully saturated rings. The zero-order valence-electron chi connectivity index (χ0n) is 16.2. The van der Waals surface area contributed by atoms with Gasteiger partial charge in [0.15, 0.2) is 17.5 Å². The predicted molar refractivity (Wildman–Crippen MR) is 120 cm³/mol. The molecule has 1 aliphatic rings. The fraction of sp³-hybridized carbons (Fsp3) is 0.611. The third kappa shape index (κ3) is 6.00. The molecule has 1 unspecified atom stereocenters. The van der Waals surface area contributed by atoms with Crippen LogP contribution in [0.15, 0.2) is 17.1 Å². The number of halogens is 1. The number of hydrogen-bond donors (Lipinski definition) is 2. The Morgan fingerprint density at radius 3 is 2.31 bits per heavy atom. The molecule has 0 aliphatic carbocycles. The molecule has 0 aromatic heterocycles. The van der Waals surface area contributed by atoms with Crippen LogP contribution in [0.4, 0.5) is 0 Å². The van der Waals surface area contributed by atoms with Crippen molar-refractivity contribution in [3.8, 4) is 17.2 Å². The highest BCUT2D eigenvalue weighted by Crippen LogP contribution is 2.37. The second kappa shape index (κ2) is 11.0. The van der Waals surface area contributed by atoms with Crippen LogP contribution in [-0.2, 0) is 6.54 Å². The van der Waals surface area contributed by atoms with Crippen molar-refractivity contribution >= 4 is 41.7 Å². The molecule has 6 nitrogen and oxygen atoms in total. The van der Waals surface area contributed by atoms with Gasteiger partial charge in [0.2, 0.25) is 0 Å². The Hall–Kier alpha value is -1.03. The summed E-state index contributed by atoms with van der Waals surface area (Å²) < 4.78 is 16.5. The standard InChI is InChI=1S/C18H29N3O3S.HI/c1-18(7-6-8-25-18)12-21-17(19-2)20-11-13-9-15(23-4)16(24-5)10-14(13)22-3;/h9-10H,6-8,11-12H2,1-5H3,(H2,19,20,21);1H. The monoisotopic (exact) mass is 495 g/mol. The van der Waals surface area contributed by atoms with Crippen LogP contribution >= 0.6 is 35.7 Å². The molecular weight excluding hydrogens is 465 g/mol. The van der Waals surface area contributed by atoms with Gasteiger partial charge >= 0.3 is 0 Å². The number of benzene rings is 1. The summed E-state index contributed by atoms with van der Waals surface area (Å²) in [6, 6.07) is 3.76. The largest absolute Gasteiger partial charge is 0.496 e. The van der Waals surface area contributed by atoms with Crippen molar-refractivity contribution < 1.29 is 14.2 Å². The smallest absolute Gasteiger partial charge is 0.191 e. The lowest BCUT2D eigenvalue weighted by Gasteiger charge is -2.24. The van der Waals surface area contributed by atoms with Gasteiger partial charge in [-0.05, 0) is 31.6 Å². The zero-order chi connectivity index (χ0) is 18.3. The van der Waals surface area contributed by atoms with Crippen molar-refractivity contribution in [2.75, 3.05) is 40.7 Å². The molecule has 0 saturated carbocycles. The van der Waals surface area contributed by atoms with Crippen LogP contribution in [0.3, 0.4) is 0 Å². The summed E-state index contributed by atoms with van der Waals surface area (Å²) in [6.45, 7) is 3.79. The molecule has 1 atom stereocenters. The van der Waals surface area contributed by atoms with Crippen LogP contribution < -0.4 is 24.8 Å². The first-order valence-electron chi connectivity index (χ1n) is 8.42. The van der Waals surface area contributed by atoms with Crippen LogP contribution in [0.1, 0.15) is 25.3 Å². The van der Waals surface area contributed by atoms with Gasteiger partial charge in [0, 0.05) is 36.5 Å². The van der Waals surface area contributed by atoms with E-state index in [9.17, 15) is 0 Å². The molecule has 0 spiro atoms. The first-order chi connectivity index (χ1) is 12.0. The average Bonchev–Trinajstić information content (AvgIpc) is 3.07. The Bertz CT molecular complexity index is 608. The highest BCUT2D eigenvalue weighted by atomic mass is 127. The third-order valence-electron chi connectivity index (χ3n) is 4.39. The van der Waals surface area contributed by atoms with Gasteiger partial charge in [-0.2, -0.15) is 11.8 Å². The topological polar surface area (TPSA) is 64.1 Å². The molecule has 0 amide bonds. The highest BCUT2D eigenvalue weighted by Gasteiger charge is 2.29. The van der Waals surface area contributed by atoms with Crippen molar-refractivity contribution in [1.29, 1.82) is 0 Å². The Morgan fingerprint density at radius 1 is 1.12 bits per heavy atom. The normalized spacial score (nSPS) is 19.5. The lowest BCUT2D eigenvalue weighted by atomic mass is 10.1. The molecule has 1 aromatic carbocycles. The second-order valence-electron chi connectivity index (χ2n) is 6.20. The van der Waals surface area contributed by atoms with Gasteiger partial charge in [-0.1, -0.05) is 0 Å². The number of aliphatic imine (C=N–C) groups is 1. The van der Waals surface area contributed by atoms with E-state index in [0.717, 1.165) is 23.8 Å². The molecule has 26 heavy (non-hydrogen) atoms. The highest BCUT2D eigenvalue weighted by molar-refractivity contribution is 14.0. The van der Waals surface area contributed by atoms with Gasteiger partial charge < -0.3 is 24.8 Å². The van der Waals surface area contributed by atoms with E-state index in [0.29, 0.717) is 22.8 Å². The van der Waals surface area contributed by atoms with Crippen molar-refractivity contribution in [2.24, 2.45) is 4.99 Å². The average molecular weight is 495 g/mol. The Balaban J connectivity index is 0.00000338. The van der Waals surface area contributed by atoms with Crippen LogP contribution in [-0.4, -0.2) is 51.4 Å². The lowest BCUT2D eigenvalue weighted by Crippen LogP contribution is -2.43. The zero-order valence-corrected chi connectivity index (χ0v) is 19.3. The summed E-state index contributed by atoms with van der Waals surface area (Å²) in [6.07, 6.45) is 2.53. The molecule has 1 saturated heterocycles. The van der Waals surface area contributed by atoms with Gasteiger partial charge in [0.1, 0.15) is 5.75 Å².